The van der Waals surface area contributed by atoms with Gasteiger partial charge in [0.1, 0.15) is 11.5 Å². The highest BCUT2D eigenvalue weighted by Gasteiger charge is 2.51. The molecule has 1 aromatic carbocycles. The summed E-state index contributed by atoms with van der Waals surface area (Å²) in [6, 6.07) is 7.54. The normalized spacial score (nSPS) is 20.2. The number of amides is 2. The molecule has 134 valence electrons. The largest absolute Gasteiger partial charge is 0.330 e. The minimum Gasteiger partial charge on any atom is -0.310 e. The molecule has 0 radical (unpaired) electrons. The lowest BCUT2D eigenvalue weighted by molar-refractivity contribution is -0.120. The van der Waals surface area contributed by atoms with E-state index in [1.165, 1.54) is 6.92 Å². The third-order valence-electron chi connectivity index (χ3n) is 5.22. The molecule has 2 heterocycles. The first-order valence-electron chi connectivity index (χ1n) is 8.46. The number of anilines is 1. The maximum atomic E-state index is 12.8. The zero-order chi connectivity index (χ0) is 19.2. The summed E-state index contributed by atoms with van der Waals surface area (Å²) in [6.45, 7) is 5.24. The first kappa shape index (κ1) is 17.0. The van der Waals surface area contributed by atoms with Crippen LogP contribution >= 0.6 is 0 Å². The Hall–Kier alpha value is -3.48. The summed E-state index contributed by atoms with van der Waals surface area (Å²) in [5.41, 5.74) is 3.50. The van der Waals surface area contributed by atoms with Crippen molar-refractivity contribution in [1.82, 2.24) is 4.98 Å². The van der Waals surface area contributed by atoms with Crippen molar-refractivity contribution in [3.63, 3.8) is 0 Å². The second-order valence-corrected chi connectivity index (χ2v) is 6.77. The van der Waals surface area contributed by atoms with Crippen molar-refractivity contribution in [3.05, 3.63) is 64.2 Å². The van der Waals surface area contributed by atoms with Gasteiger partial charge in [0.05, 0.1) is 11.1 Å². The predicted octanol–water partition coefficient (Wildman–Crippen LogP) is 3.10. The Labute approximate surface area is 155 Å². The topological polar surface area (TPSA) is 101 Å². The molecule has 1 N–H and O–H groups in total. The average molecular weight is 360 g/mol. The summed E-state index contributed by atoms with van der Waals surface area (Å²) < 4.78 is 0. The lowest BCUT2D eigenvalue weighted by Gasteiger charge is -2.20. The van der Waals surface area contributed by atoms with E-state index in [9.17, 15) is 14.5 Å². The van der Waals surface area contributed by atoms with Crippen molar-refractivity contribution < 1.29 is 9.59 Å². The smallest absolute Gasteiger partial charge is 0.310 e. The third-order valence-corrected chi connectivity index (χ3v) is 5.22. The summed E-state index contributed by atoms with van der Waals surface area (Å²) in [4.78, 5) is 43.2. The highest BCUT2D eigenvalue weighted by atomic mass is 16.3. The second kappa shape index (κ2) is 6.05. The van der Waals surface area contributed by atoms with Crippen LogP contribution in [0.5, 0.6) is 0 Å². The molecule has 27 heavy (non-hydrogen) atoms. The fraction of sp³-hybridized carbons (Fsp3) is 0.200. The molecule has 1 spiro atoms. The minimum atomic E-state index is -0.905. The van der Waals surface area contributed by atoms with E-state index in [0.29, 0.717) is 24.3 Å². The number of aliphatic imine (C=N–C) groups is 1. The van der Waals surface area contributed by atoms with Gasteiger partial charge in [0.15, 0.2) is 0 Å². The molecule has 1 aliphatic carbocycles. The summed E-state index contributed by atoms with van der Waals surface area (Å²) in [6.07, 6.45) is 4.38. The number of benzene rings is 1. The monoisotopic (exact) mass is 360 g/mol. The van der Waals surface area contributed by atoms with Gasteiger partial charge in [-0.15, -0.1) is 4.91 Å². The highest BCUT2D eigenvalue weighted by molar-refractivity contribution is 6.38. The molecule has 0 bridgehead atoms. The Morgan fingerprint density at radius 2 is 2.07 bits per heavy atom. The van der Waals surface area contributed by atoms with E-state index in [2.05, 4.69) is 27.0 Å². The molecule has 2 amide bonds. The summed E-state index contributed by atoms with van der Waals surface area (Å²) in [5, 5.41) is 5.27. The van der Waals surface area contributed by atoms with Gasteiger partial charge in [0.25, 0.3) is 0 Å². The zero-order valence-corrected chi connectivity index (χ0v) is 14.7. The lowest BCUT2D eigenvalue weighted by Crippen LogP contribution is -2.35. The minimum absolute atomic E-state index is 0.00825. The van der Waals surface area contributed by atoms with Gasteiger partial charge in [0, 0.05) is 16.9 Å². The van der Waals surface area contributed by atoms with Crippen molar-refractivity contribution in [2.24, 2.45) is 10.2 Å². The van der Waals surface area contributed by atoms with E-state index in [-0.39, 0.29) is 11.6 Å². The molecule has 0 saturated heterocycles. The first-order chi connectivity index (χ1) is 13.0. The van der Waals surface area contributed by atoms with Crippen LogP contribution in [0.3, 0.4) is 0 Å². The van der Waals surface area contributed by atoms with Crippen molar-refractivity contribution in [2.45, 2.75) is 25.2 Å². The maximum absolute atomic E-state index is 12.8. The van der Waals surface area contributed by atoms with Gasteiger partial charge < -0.3 is 5.32 Å². The summed E-state index contributed by atoms with van der Waals surface area (Å²) >= 11 is 0. The molecule has 7 nitrogen and oxygen atoms in total. The molecule has 0 fully saturated rings. The van der Waals surface area contributed by atoms with Crippen molar-refractivity contribution in [1.29, 1.82) is 0 Å². The number of hydrogen-bond acceptors (Lipinski definition) is 5. The van der Waals surface area contributed by atoms with E-state index in [1.54, 1.807) is 12.3 Å². The number of nitrogens with zero attached hydrogens (tertiary/aromatic N) is 3. The molecule has 1 unspecified atom stereocenters. The molecule has 1 aliphatic heterocycles. The van der Waals surface area contributed by atoms with Crippen LogP contribution in [-0.4, -0.2) is 22.5 Å². The highest BCUT2D eigenvalue weighted by Crippen LogP contribution is 2.47. The van der Waals surface area contributed by atoms with E-state index < -0.39 is 11.3 Å². The van der Waals surface area contributed by atoms with Gasteiger partial charge in [-0.05, 0) is 54.7 Å². The molecular formula is C20H16N4O3. The number of carbonyl (C=O) groups excluding carboxylic acids is 2. The Kier molecular flexibility index (Phi) is 3.80. The molecule has 7 heteroatoms. The number of aromatic nitrogens is 1. The van der Waals surface area contributed by atoms with Gasteiger partial charge in [-0.2, -0.15) is 0 Å². The fourth-order valence-corrected chi connectivity index (χ4v) is 3.88. The number of nitroso groups, excluding NO2 is 1. The van der Waals surface area contributed by atoms with Crippen LogP contribution in [0, 0.1) is 4.91 Å². The fourth-order valence-electron chi connectivity index (χ4n) is 3.88. The first-order valence-corrected chi connectivity index (χ1v) is 8.46. The second-order valence-electron chi connectivity index (χ2n) is 6.77. The average Bonchev–Trinajstić information content (AvgIpc) is 3.18. The van der Waals surface area contributed by atoms with Gasteiger partial charge in [0.2, 0.25) is 5.91 Å². The Morgan fingerprint density at radius 1 is 1.33 bits per heavy atom. The van der Waals surface area contributed by atoms with Crippen LogP contribution in [0.25, 0.3) is 6.08 Å². The number of rotatable bonds is 3. The van der Waals surface area contributed by atoms with Gasteiger partial charge in [-0.3, -0.25) is 9.59 Å². The molecule has 1 atom stereocenters. The summed E-state index contributed by atoms with van der Waals surface area (Å²) in [7, 11) is 0. The van der Waals surface area contributed by atoms with Crippen molar-refractivity contribution in [2.75, 3.05) is 5.32 Å². The van der Waals surface area contributed by atoms with Crippen LogP contribution in [0.4, 0.5) is 11.5 Å². The Morgan fingerprint density at radius 3 is 2.78 bits per heavy atom. The predicted molar refractivity (Wildman–Crippen MR) is 102 cm³/mol. The standard InChI is InChI=1S/C20H16N4O3/c1-3-12-7-13-9-20(15-5-4-6-21-17(15)23-19(20)26)10-14(13)8-16(12)22-11(2)18(25)24-27/h3-8H,1,9-10H2,2H3,(H,21,23,26). The molecular weight excluding hydrogens is 344 g/mol. The molecule has 2 aliphatic rings. The molecule has 4 rings (SSSR count). The number of nitrogens with one attached hydrogen (secondary N) is 1. The lowest BCUT2D eigenvalue weighted by atomic mass is 9.79. The van der Waals surface area contributed by atoms with Crippen LogP contribution in [0.2, 0.25) is 0 Å². The van der Waals surface area contributed by atoms with Gasteiger partial charge in [-0.1, -0.05) is 18.7 Å². The van der Waals surface area contributed by atoms with Crippen LogP contribution in [0.1, 0.15) is 29.2 Å². The zero-order valence-electron chi connectivity index (χ0n) is 14.7. The van der Waals surface area contributed by atoms with Crippen LogP contribution in [-0.2, 0) is 27.8 Å². The van der Waals surface area contributed by atoms with Gasteiger partial charge >= 0.3 is 5.91 Å². The van der Waals surface area contributed by atoms with E-state index in [4.69, 9.17) is 0 Å². The number of pyridine rings is 1. The van der Waals surface area contributed by atoms with E-state index in [0.717, 1.165) is 22.3 Å². The van der Waals surface area contributed by atoms with Crippen molar-refractivity contribution in [3.8, 4) is 0 Å². The number of fused-ring (bicyclic) bond motifs is 3. The quantitative estimate of drug-likeness (QED) is 0.671. The third kappa shape index (κ3) is 2.51. The Balaban J connectivity index is 1.80. The molecule has 2 aromatic rings. The number of hydrogen-bond donors (Lipinski definition) is 1. The van der Waals surface area contributed by atoms with Crippen LogP contribution in [0.15, 0.2) is 47.2 Å². The maximum Gasteiger partial charge on any atom is 0.330 e. The molecule has 0 saturated carbocycles. The SMILES string of the molecule is C=Cc1cc2c(cc1N=C(C)C(=O)N=O)CC1(C2)C(=O)Nc2ncccc21. The molecule has 1 aromatic heterocycles. The van der Waals surface area contributed by atoms with Gasteiger partial charge in [-0.25, -0.2) is 9.98 Å². The van der Waals surface area contributed by atoms with Crippen LogP contribution < -0.4 is 5.32 Å². The Bertz CT molecular complexity index is 1060. The van der Waals surface area contributed by atoms with E-state index in [1.807, 2.05) is 24.3 Å². The number of carbonyl (C=O) groups is 2. The summed E-state index contributed by atoms with van der Waals surface area (Å²) in [5.74, 6) is -0.359. The van der Waals surface area contributed by atoms with E-state index >= 15 is 0 Å². The van der Waals surface area contributed by atoms with Crippen molar-refractivity contribution >= 4 is 35.1 Å².